The molecule has 0 radical (unpaired) electrons. The second-order valence-electron chi connectivity index (χ2n) is 6.21. The summed E-state index contributed by atoms with van der Waals surface area (Å²) in [6.45, 7) is 13.6. The molecule has 1 aliphatic rings. The van der Waals surface area contributed by atoms with Crippen molar-refractivity contribution in [3.05, 3.63) is 12.2 Å². The van der Waals surface area contributed by atoms with Gasteiger partial charge in [0.15, 0.2) is 0 Å². The Hall–Kier alpha value is -0.260. The van der Waals surface area contributed by atoms with E-state index < -0.39 is 0 Å². The fourth-order valence-electron chi connectivity index (χ4n) is 2.97. The van der Waals surface area contributed by atoms with Gasteiger partial charge in [-0.25, -0.2) is 0 Å². The Morgan fingerprint density at radius 3 is 2.19 bits per heavy atom. The molecule has 94 valence electrons. The predicted molar refractivity (Wildman–Crippen MR) is 73.5 cm³/mol. The number of rotatable bonds is 5. The molecule has 1 atom stereocenters. The Bertz CT molecular complexity index is 206. The second kappa shape index (κ2) is 6.47. The lowest BCUT2D eigenvalue weighted by molar-refractivity contribution is 0.204. The summed E-state index contributed by atoms with van der Waals surface area (Å²) in [5.74, 6) is 3.53. The van der Waals surface area contributed by atoms with Crippen LogP contribution < -0.4 is 0 Å². The molecule has 0 saturated heterocycles. The zero-order valence-corrected chi connectivity index (χ0v) is 11.8. The first-order valence-corrected chi connectivity index (χ1v) is 7.22. The van der Waals surface area contributed by atoms with Gasteiger partial charge < -0.3 is 0 Å². The molecule has 16 heavy (non-hydrogen) atoms. The Kier molecular flexibility index (Phi) is 5.58. The van der Waals surface area contributed by atoms with Crippen LogP contribution in [0.2, 0.25) is 0 Å². The van der Waals surface area contributed by atoms with Crippen molar-refractivity contribution in [2.24, 2.45) is 23.7 Å². The normalized spacial score (nSPS) is 28.1. The van der Waals surface area contributed by atoms with Crippen molar-refractivity contribution in [1.29, 1.82) is 0 Å². The molecule has 0 aromatic carbocycles. The summed E-state index contributed by atoms with van der Waals surface area (Å²) in [6.07, 6.45) is 8.44. The quantitative estimate of drug-likeness (QED) is 0.543. The number of hydrogen-bond acceptors (Lipinski definition) is 0. The molecule has 0 N–H and O–H groups in total. The summed E-state index contributed by atoms with van der Waals surface area (Å²) in [4.78, 5) is 0. The van der Waals surface area contributed by atoms with Crippen LogP contribution in [0.1, 0.15) is 66.2 Å². The van der Waals surface area contributed by atoms with E-state index in [-0.39, 0.29) is 0 Å². The average Bonchev–Trinajstić information content (AvgIpc) is 2.26. The molecule has 0 heteroatoms. The van der Waals surface area contributed by atoms with E-state index in [9.17, 15) is 0 Å². The van der Waals surface area contributed by atoms with E-state index in [4.69, 9.17) is 0 Å². The van der Waals surface area contributed by atoms with Crippen LogP contribution in [0.15, 0.2) is 12.2 Å². The first kappa shape index (κ1) is 13.8. The van der Waals surface area contributed by atoms with Gasteiger partial charge in [0.2, 0.25) is 0 Å². The Morgan fingerprint density at radius 1 is 1.19 bits per heavy atom. The van der Waals surface area contributed by atoms with Crippen LogP contribution in [0.3, 0.4) is 0 Å². The predicted octanol–water partition coefficient (Wildman–Crippen LogP) is 5.44. The molecule has 1 saturated carbocycles. The van der Waals surface area contributed by atoms with Gasteiger partial charge in [0, 0.05) is 0 Å². The van der Waals surface area contributed by atoms with E-state index in [1.54, 1.807) is 0 Å². The zero-order chi connectivity index (χ0) is 12.1. The topological polar surface area (TPSA) is 0 Å². The third-order valence-electron chi connectivity index (χ3n) is 4.59. The minimum absolute atomic E-state index is 0.663. The fraction of sp³-hybridized carbons (Fsp3) is 0.875. The van der Waals surface area contributed by atoms with Crippen LogP contribution in [0.4, 0.5) is 0 Å². The highest BCUT2D eigenvalue weighted by molar-refractivity contribution is 4.99. The third-order valence-corrected chi connectivity index (χ3v) is 4.59. The largest absolute Gasteiger partial charge is 0.0996 e. The SMILES string of the molecule is C=C(CC(CC)C1CCC(C)CC1)C(C)C. The van der Waals surface area contributed by atoms with E-state index in [0.717, 1.165) is 17.8 Å². The molecule has 0 aromatic rings. The minimum atomic E-state index is 0.663. The maximum atomic E-state index is 4.25. The minimum Gasteiger partial charge on any atom is -0.0996 e. The standard InChI is InChI=1S/C16H30/c1-6-15(11-14(5)12(2)3)16-9-7-13(4)8-10-16/h12-13,15-16H,5-11H2,1-4H3. The van der Waals surface area contributed by atoms with Crippen molar-refractivity contribution in [3.63, 3.8) is 0 Å². The average molecular weight is 222 g/mol. The van der Waals surface area contributed by atoms with Crippen LogP contribution in [-0.2, 0) is 0 Å². The van der Waals surface area contributed by atoms with E-state index in [1.165, 1.54) is 44.1 Å². The molecular formula is C16H30. The van der Waals surface area contributed by atoms with Crippen molar-refractivity contribution in [1.82, 2.24) is 0 Å². The van der Waals surface area contributed by atoms with Gasteiger partial charge in [0.25, 0.3) is 0 Å². The molecule has 1 unspecified atom stereocenters. The van der Waals surface area contributed by atoms with Gasteiger partial charge in [-0.3, -0.25) is 0 Å². The highest BCUT2D eigenvalue weighted by atomic mass is 14.3. The molecule has 1 aliphatic carbocycles. The van der Waals surface area contributed by atoms with Gasteiger partial charge in [0.05, 0.1) is 0 Å². The molecule has 0 heterocycles. The fourth-order valence-corrected chi connectivity index (χ4v) is 2.97. The maximum absolute atomic E-state index is 4.25. The van der Waals surface area contributed by atoms with Gasteiger partial charge in [-0.1, -0.05) is 59.1 Å². The zero-order valence-electron chi connectivity index (χ0n) is 11.8. The summed E-state index contributed by atoms with van der Waals surface area (Å²) >= 11 is 0. The number of allylic oxidation sites excluding steroid dienone is 1. The summed E-state index contributed by atoms with van der Waals surface area (Å²) in [7, 11) is 0. The molecule has 1 fully saturated rings. The molecule has 0 aromatic heterocycles. The first-order chi connectivity index (χ1) is 7.54. The van der Waals surface area contributed by atoms with Crippen molar-refractivity contribution in [2.75, 3.05) is 0 Å². The van der Waals surface area contributed by atoms with E-state index in [1.807, 2.05) is 0 Å². The lowest BCUT2D eigenvalue weighted by Gasteiger charge is -2.33. The van der Waals surface area contributed by atoms with Crippen LogP contribution in [0.25, 0.3) is 0 Å². The summed E-state index contributed by atoms with van der Waals surface area (Å²) in [5, 5.41) is 0. The smallest absolute Gasteiger partial charge is 0.0263 e. The van der Waals surface area contributed by atoms with Gasteiger partial charge in [-0.05, 0) is 42.9 Å². The first-order valence-electron chi connectivity index (χ1n) is 7.22. The molecule has 0 nitrogen and oxygen atoms in total. The van der Waals surface area contributed by atoms with Crippen molar-refractivity contribution in [2.45, 2.75) is 66.2 Å². The van der Waals surface area contributed by atoms with Gasteiger partial charge >= 0.3 is 0 Å². The van der Waals surface area contributed by atoms with Crippen molar-refractivity contribution < 1.29 is 0 Å². The molecule has 0 amide bonds. The van der Waals surface area contributed by atoms with Crippen LogP contribution in [0, 0.1) is 23.7 Å². The van der Waals surface area contributed by atoms with Crippen LogP contribution in [-0.4, -0.2) is 0 Å². The molecule has 0 spiro atoms. The van der Waals surface area contributed by atoms with E-state index in [0.29, 0.717) is 5.92 Å². The third kappa shape index (κ3) is 3.96. The lowest BCUT2D eigenvalue weighted by atomic mass is 9.73. The van der Waals surface area contributed by atoms with Gasteiger partial charge in [-0.15, -0.1) is 0 Å². The Balaban J connectivity index is 2.44. The monoisotopic (exact) mass is 222 g/mol. The van der Waals surface area contributed by atoms with Crippen LogP contribution >= 0.6 is 0 Å². The lowest BCUT2D eigenvalue weighted by Crippen LogP contribution is -2.21. The molecule has 0 bridgehead atoms. The van der Waals surface area contributed by atoms with Gasteiger partial charge in [-0.2, -0.15) is 0 Å². The van der Waals surface area contributed by atoms with Crippen molar-refractivity contribution >= 4 is 0 Å². The Morgan fingerprint density at radius 2 is 1.75 bits per heavy atom. The summed E-state index contributed by atoms with van der Waals surface area (Å²) in [5.41, 5.74) is 1.46. The summed E-state index contributed by atoms with van der Waals surface area (Å²) in [6, 6.07) is 0. The van der Waals surface area contributed by atoms with Gasteiger partial charge in [0.1, 0.15) is 0 Å². The highest BCUT2D eigenvalue weighted by Crippen LogP contribution is 2.37. The Labute approximate surface area is 103 Å². The van der Waals surface area contributed by atoms with E-state index in [2.05, 4.69) is 34.3 Å². The molecular weight excluding hydrogens is 192 g/mol. The summed E-state index contributed by atoms with van der Waals surface area (Å²) < 4.78 is 0. The van der Waals surface area contributed by atoms with E-state index >= 15 is 0 Å². The number of hydrogen-bond donors (Lipinski definition) is 0. The van der Waals surface area contributed by atoms with Crippen LogP contribution in [0.5, 0.6) is 0 Å². The maximum Gasteiger partial charge on any atom is -0.0263 e. The second-order valence-corrected chi connectivity index (χ2v) is 6.21. The molecule has 1 rings (SSSR count). The van der Waals surface area contributed by atoms with Crippen molar-refractivity contribution in [3.8, 4) is 0 Å². The highest BCUT2D eigenvalue weighted by Gasteiger charge is 2.25. The molecule has 0 aliphatic heterocycles.